The van der Waals surface area contributed by atoms with E-state index in [0.29, 0.717) is 6.54 Å². The molecule has 0 fully saturated rings. The maximum atomic E-state index is 12.2. The van der Waals surface area contributed by atoms with Gasteiger partial charge in [-0.1, -0.05) is 13.3 Å². The van der Waals surface area contributed by atoms with Gasteiger partial charge in [0, 0.05) is 17.3 Å². The molecule has 1 amide bonds. The summed E-state index contributed by atoms with van der Waals surface area (Å²) in [6.45, 7) is 2.70. The van der Waals surface area contributed by atoms with Gasteiger partial charge < -0.3 is 10.3 Å². The predicted octanol–water partition coefficient (Wildman–Crippen LogP) is 2.92. The van der Waals surface area contributed by atoms with E-state index in [-0.39, 0.29) is 5.91 Å². The SMILES string of the molecule is CCC1CCc2sc(C(=O)NCc3ncc[nH]3)cc2C1. The fourth-order valence-corrected chi connectivity index (χ4v) is 3.83. The number of rotatable bonds is 4. The monoisotopic (exact) mass is 289 g/mol. The molecule has 1 unspecified atom stereocenters. The summed E-state index contributed by atoms with van der Waals surface area (Å²) in [5, 5.41) is 2.91. The van der Waals surface area contributed by atoms with Crippen LogP contribution in [0.3, 0.4) is 0 Å². The third-order valence-electron chi connectivity index (χ3n) is 3.96. The van der Waals surface area contributed by atoms with Crippen LogP contribution in [0.1, 0.15) is 45.7 Å². The van der Waals surface area contributed by atoms with Crippen molar-refractivity contribution < 1.29 is 4.79 Å². The van der Waals surface area contributed by atoms with E-state index in [1.165, 1.54) is 23.3 Å². The number of carbonyl (C=O) groups excluding carboxylic acids is 1. The van der Waals surface area contributed by atoms with Crippen molar-refractivity contribution in [3.05, 3.63) is 39.6 Å². The molecule has 0 bridgehead atoms. The largest absolute Gasteiger partial charge is 0.347 e. The van der Waals surface area contributed by atoms with Crippen molar-refractivity contribution in [2.24, 2.45) is 5.92 Å². The number of thiophene rings is 1. The molecule has 0 aromatic carbocycles. The lowest BCUT2D eigenvalue weighted by atomic mass is 9.87. The van der Waals surface area contributed by atoms with Crippen LogP contribution in [0.2, 0.25) is 0 Å². The fraction of sp³-hybridized carbons (Fsp3) is 0.467. The van der Waals surface area contributed by atoms with Gasteiger partial charge in [-0.25, -0.2) is 4.98 Å². The third-order valence-corrected chi connectivity index (χ3v) is 5.19. The van der Waals surface area contributed by atoms with E-state index < -0.39 is 0 Å². The minimum absolute atomic E-state index is 0.00819. The maximum Gasteiger partial charge on any atom is 0.261 e. The van der Waals surface area contributed by atoms with Crippen molar-refractivity contribution in [2.75, 3.05) is 0 Å². The molecule has 5 heteroatoms. The Bertz CT molecular complexity index is 588. The first-order valence-electron chi connectivity index (χ1n) is 7.14. The van der Waals surface area contributed by atoms with Crippen molar-refractivity contribution >= 4 is 17.2 Å². The second-order valence-electron chi connectivity index (χ2n) is 5.29. The van der Waals surface area contributed by atoms with Crippen molar-refractivity contribution in [2.45, 2.75) is 39.2 Å². The molecule has 0 saturated heterocycles. The molecule has 0 radical (unpaired) electrons. The van der Waals surface area contributed by atoms with E-state index in [9.17, 15) is 4.79 Å². The van der Waals surface area contributed by atoms with Gasteiger partial charge in [-0.05, 0) is 36.8 Å². The first-order chi connectivity index (χ1) is 9.76. The average Bonchev–Trinajstić information content (AvgIpc) is 3.12. The molecular weight excluding hydrogens is 270 g/mol. The van der Waals surface area contributed by atoms with Crippen LogP contribution in [-0.4, -0.2) is 15.9 Å². The molecule has 2 heterocycles. The van der Waals surface area contributed by atoms with Gasteiger partial charge in [0.05, 0.1) is 11.4 Å². The number of aromatic amines is 1. The summed E-state index contributed by atoms with van der Waals surface area (Å²) in [4.78, 5) is 21.5. The van der Waals surface area contributed by atoms with Gasteiger partial charge in [-0.3, -0.25) is 4.79 Å². The molecular formula is C15H19N3OS. The summed E-state index contributed by atoms with van der Waals surface area (Å²) in [6, 6.07) is 2.08. The molecule has 1 aliphatic carbocycles. The number of H-pyrrole nitrogens is 1. The van der Waals surface area contributed by atoms with Crippen LogP contribution in [0, 0.1) is 5.92 Å². The molecule has 106 valence electrons. The van der Waals surface area contributed by atoms with Gasteiger partial charge in [0.15, 0.2) is 0 Å². The number of nitrogens with zero attached hydrogens (tertiary/aromatic N) is 1. The molecule has 0 saturated carbocycles. The Labute approximate surface area is 122 Å². The Morgan fingerprint density at radius 1 is 1.60 bits per heavy atom. The zero-order valence-electron chi connectivity index (χ0n) is 11.6. The highest BCUT2D eigenvalue weighted by Crippen LogP contribution is 2.33. The standard InChI is InChI=1S/C15H19N3OS/c1-2-10-3-4-12-11(7-10)8-13(20-12)15(19)18-9-14-16-5-6-17-14/h5-6,8,10H,2-4,7,9H2,1H3,(H,16,17)(H,18,19). The molecule has 1 aliphatic rings. The number of imidazole rings is 1. The molecule has 0 spiro atoms. The summed E-state index contributed by atoms with van der Waals surface area (Å²) in [7, 11) is 0. The zero-order valence-corrected chi connectivity index (χ0v) is 12.4. The van der Waals surface area contributed by atoms with Gasteiger partial charge in [0.2, 0.25) is 0 Å². The summed E-state index contributed by atoms with van der Waals surface area (Å²) in [5.41, 5.74) is 1.39. The Balaban J connectivity index is 1.65. The number of hydrogen-bond acceptors (Lipinski definition) is 3. The van der Waals surface area contributed by atoms with E-state index in [4.69, 9.17) is 0 Å². The highest BCUT2D eigenvalue weighted by molar-refractivity contribution is 7.14. The lowest BCUT2D eigenvalue weighted by Gasteiger charge is -2.19. The van der Waals surface area contributed by atoms with Gasteiger partial charge in [0.1, 0.15) is 5.82 Å². The third kappa shape index (κ3) is 2.77. The highest BCUT2D eigenvalue weighted by Gasteiger charge is 2.21. The van der Waals surface area contributed by atoms with Crippen molar-refractivity contribution in [1.29, 1.82) is 0 Å². The van der Waals surface area contributed by atoms with E-state index >= 15 is 0 Å². The minimum Gasteiger partial charge on any atom is -0.347 e. The number of fused-ring (bicyclic) bond motifs is 1. The van der Waals surface area contributed by atoms with Gasteiger partial charge in [0.25, 0.3) is 5.91 Å². The molecule has 20 heavy (non-hydrogen) atoms. The summed E-state index contributed by atoms with van der Waals surface area (Å²) < 4.78 is 0. The minimum atomic E-state index is 0.00819. The second kappa shape index (κ2) is 5.79. The number of aryl methyl sites for hydroxylation is 1. The van der Waals surface area contributed by atoms with E-state index in [0.717, 1.165) is 29.5 Å². The molecule has 4 nitrogen and oxygen atoms in total. The van der Waals surface area contributed by atoms with Crippen molar-refractivity contribution in [1.82, 2.24) is 15.3 Å². The first-order valence-corrected chi connectivity index (χ1v) is 7.96. The van der Waals surface area contributed by atoms with Crippen LogP contribution in [0.25, 0.3) is 0 Å². The number of nitrogens with one attached hydrogen (secondary N) is 2. The van der Waals surface area contributed by atoms with Crippen LogP contribution in [0.5, 0.6) is 0 Å². The van der Waals surface area contributed by atoms with Gasteiger partial charge in [-0.15, -0.1) is 11.3 Å². The number of carbonyl (C=O) groups is 1. The molecule has 2 aromatic heterocycles. The quantitative estimate of drug-likeness (QED) is 0.909. The molecule has 3 rings (SSSR count). The Morgan fingerprint density at radius 2 is 2.50 bits per heavy atom. The van der Waals surface area contributed by atoms with E-state index in [1.54, 1.807) is 23.7 Å². The fourth-order valence-electron chi connectivity index (χ4n) is 2.71. The Morgan fingerprint density at radius 3 is 3.25 bits per heavy atom. The van der Waals surface area contributed by atoms with Gasteiger partial charge >= 0.3 is 0 Å². The number of hydrogen-bond donors (Lipinski definition) is 2. The maximum absolute atomic E-state index is 12.2. The van der Waals surface area contributed by atoms with Crippen molar-refractivity contribution in [3.63, 3.8) is 0 Å². The van der Waals surface area contributed by atoms with Gasteiger partial charge in [-0.2, -0.15) is 0 Å². The Hall–Kier alpha value is -1.62. The van der Waals surface area contributed by atoms with Crippen LogP contribution < -0.4 is 5.32 Å². The van der Waals surface area contributed by atoms with Crippen molar-refractivity contribution in [3.8, 4) is 0 Å². The van der Waals surface area contributed by atoms with Crippen LogP contribution >= 0.6 is 11.3 Å². The smallest absolute Gasteiger partial charge is 0.261 e. The summed E-state index contributed by atoms with van der Waals surface area (Å²) in [5.74, 6) is 1.58. The molecule has 0 aliphatic heterocycles. The molecule has 2 aromatic rings. The van der Waals surface area contributed by atoms with Crippen LogP contribution in [0.15, 0.2) is 18.5 Å². The number of amides is 1. The first kappa shape index (κ1) is 13.4. The lowest BCUT2D eigenvalue weighted by Crippen LogP contribution is -2.22. The average molecular weight is 289 g/mol. The highest BCUT2D eigenvalue weighted by atomic mass is 32.1. The number of aromatic nitrogens is 2. The summed E-state index contributed by atoms with van der Waals surface area (Å²) in [6.07, 6.45) is 8.21. The molecule has 2 N–H and O–H groups in total. The zero-order chi connectivity index (χ0) is 13.9. The normalized spacial score (nSPS) is 17.8. The predicted molar refractivity (Wildman–Crippen MR) is 79.9 cm³/mol. The van der Waals surface area contributed by atoms with E-state index in [1.807, 2.05) is 0 Å². The lowest BCUT2D eigenvalue weighted by molar-refractivity contribution is 0.0954. The van der Waals surface area contributed by atoms with Crippen LogP contribution in [-0.2, 0) is 19.4 Å². The van der Waals surface area contributed by atoms with Crippen LogP contribution in [0.4, 0.5) is 0 Å². The Kier molecular flexibility index (Phi) is 3.87. The van der Waals surface area contributed by atoms with E-state index in [2.05, 4.69) is 28.3 Å². The topological polar surface area (TPSA) is 57.8 Å². The molecule has 1 atom stereocenters. The second-order valence-corrected chi connectivity index (χ2v) is 6.43. The summed E-state index contributed by atoms with van der Waals surface area (Å²) >= 11 is 1.65.